The van der Waals surface area contributed by atoms with Gasteiger partial charge >= 0.3 is 0 Å². The fraction of sp³-hybridized carbons (Fsp3) is 0. The Morgan fingerprint density at radius 1 is 1.07 bits per heavy atom. The van der Waals surface area contributed by atoms with Gasteiger partial charge in [-0.3, -0.25) is 4.79 Å². The van der Waals surface area contributed by atoms with Crippen LogP contribution in [-0.4, -0.2) is 5.78 Å². The summed E-state index contributed by atoms with van der Waals surface area (Å²) in [6.45, 7) is 7.02. The molecule has 1 rings (SSSR count). The van der Waals surface area contributed by atoms with Gasteiger partial charge in [0.1, 0.15) is 0 Å². The van der Waals surface area contributed by atoms with Crippen LogP contribution >= 0.6 is 0 Å². The summed E-state index contributed by atoms with van der Waals surface area (Å²) >= 11 is 0. The highest BCUT2D eigenvalue weighted by Crippen LogP contribution is 2.08. The van der Waals surface area contributed by atoms with Crippen LogP contribution in [0.15, 0.2) is 61.2 Å². The van der Waals surface area contributed by atoms with Gasteiger partial charge < -0.3 is 0 Å². The zero-order chi connectivity index (χ0) is 10.4. The second kappa shape index (κ2) is 4.97. The summed E-state index contributed by atoms with van der Waals surface area (Å²) in [7, 11) is 0. The summed E-state index contributed by atoms with van der Waals surface area (Å²) in [5.41, 5.74) is 1.55. The van der Waals surface area contributed by atoms with Gasteiger partial charge in [-0.05, 0) is 17.7 Å². The Hall–Kier alpha value is -1.89. The Morgan fingerprint density at radius 2 is 1.71 bits per heavy atom. The summed E-state index contributed by atoms with van der Waals surface area (Å²) in [6.07, 6.45) is 4.62. The van der Waals surface area contributed by atoms with E-state index in [0.29, 0.717) is 5.57 Å². The maximum atomic E-state index is 11.3. The SMILES string of the molecule is C=CC(=O)C(C=C)=Cc1ccccc1. The van der Waals surface area contributed by atoms with Crippen molar-refractivity contribution < 1.29 is 4.79 Å². The largest absolute Gasteiger partial charge is 0.289 e. The molecule has 0 spiro atoms. The molecule has 1 aromatic carbocycles. The van der Waals surface area contributed by atoms with E-state index in [-0.39, 0.29) is 5.78 Å². The third-order valence-corrected chi connectivity index (χ3v) is 1.81. The van der Waals surface area contributed by atoms with Gasteiger partial charge in [-0.15, -0.1) is 0 Å². The van der Waals surface area contributed by atoms with Crippen molar-refractivity contribution >= 4 is 11.9 Å². The Morgan fingerprint density at radius 3 is 2.21 bits per heavy atom. The van der Waals surface area contributed by atoms with Gasteiger partial charge in [-0.1, -0.05) is 49.6 Å². The van der Waals surface area contributed by atoms with E-state index in [1.807, 2.05) is 30.3 Å². The van der Waals surface area contributed by atoms with E-state index in [1.165, 1.54) is 12.2 Å². The topological polar surface area (TPSA) is 17.1 Å². The Bertz CT molecular complexity index is 371. The number of hydrogen-bond donors (Lipinski definition) is 0. The molecule has 0 aromatic heterocycles. The standard InChI is InChI=1S/C13H12O/c1-3-12(13(14)4-2)10-11-8-6-5-7-9-11/h3-10H,1-2H2. The molecular weight excluding hydrogens is 172 g/mol. The lowest BCUT2D eigenvalue weighted by Gasteiger charge is -1.96. The highest BCUT2D eigenvalue weighted by atomic mass is 16.1. The first-order valence-corrected chi connectivity index (χ1v) is 4.34. The van der Waals surface area contributed by atoms with Crippen LogP contribution in [0.4, 0.5) is 0 Å². The quantitative estimate of drug-likeness (QED) is 0.519. The van der Waals surface area contributed by atoms with Crippen LogP contribution in [-0.2, 0) is 4.79 Å². The minimum atomic E-state index is -0.108. The lowest BCUT2D eigenvalue weighted by molar-refractivity contribution is -0.110. The fourth-order valence-electron chi connectivity index (χ4n) is 1.08. The van der Waals surface area contributed by atoms with E-state index in [1.54, 1.807) is 6.08 Å². The first-order chi connectivity index (χ1) is 6.77. The molecule has 70 valence electrons. The van der Waals surface area contributed by atoms with Crippen molar-refractivity contribution in [2.24, 2.45) is 0 Å². The molecule has 1 nitrogen and oxygen atoms in total. The molecule has 0 aliphatic rings. The summed E-state index contributed by atoms with van der Waals surface area (Å²) in [6, 6.07) is 9.63. The lowest BCUT2D eigenvalue weighted by atomic mass is 10.1. The Balaban J connectivity index is 3.01. The van der Waals surface area contributed by atoms with Gasteiger partial charge in [0.2, 0.25) is 0 Å². The second-order valence-corrected chi connectivity index (χ2v) is 2.78. The molecule has 0 amide bonds. The molecule has 0 saturated heterocycles. The molecule has 0 aliphatic heterocycles. The maximum Gasteiger partial charge on any atom is 0.185 e. The van der Waals surface area contributed by atoms with E-state index in [9.17, 15) is 4.79 Å². The maximum absolute atomic E-state index is 11.3. The summed E-state index contributed by atoms with van der Waals surface area (Å²) < 4.78 is 0. The summed E-state index contributed by atoms with van der Waals surface area (Å²) in [5.74, 6) is -0.108. The van der Waals surface area contributed by atoms with Crippen molar-refractivity contribution in [3.05, 3.63) is 66.8 Å². The van der Waals surface area contributed by atoms with Crippen LogP contribution in [0.25, 0.3) is 6.08 Å². The number of carbonyl (C=O) groups is 1. The van der Waals surface area contributed by atoms with Crippen molar-refractivity contribution in [2.45, 2.75) is 0 Å². The van der Waals surface area contributed by atoms with Crippen molar-refractivity contribution in [3.8, 4) is 0 Å². The molecule has 0 N–H and O–H groups in total. The van der Waals surface area contributed by atoms with Gasteiger partial charge in [-0.2, -0.15) is 0 Å². The molecule has 0 bridgehead atoms. The highest BCUT2D eigenvalue weighted by molar-refractivity contribution is 6.08. The first kappa shape index (κ1) is 10.2. The number of benzene rings is 1. The molecule has 0 radical (unpaired) electrons. The van der Waals surface area contributed by atoms with Gasteiger partial charge in [0.25, 0.3) is 0 Å². The zero-order valence-corrected chi connectivity index (χ0v) is 7.94. The molecule has 1 heteroatoms. The van der Waals surface area contributed by atoms with Crippen molar-refractivity contribution in [2.75, 3.05) is 0 Å². The smallest absolute Gasteiger partial charge is 0.185 e. The van der Waals surface area contributed by atoms with E-state index in [4.69, 9.17) is 0 Å². The highest BCUT2D eigenvalue weighted by Gasteiger charge is 1.99. The first-order valence-electron chi connectivity index (χ1n) is 4.34. The minimum absolute atomic E-state index is 0.108. The van der Waals surface area contributed by atoms with Gasteiger partial charge in [-0.25, -0.2) is 0 Å². The number of rotatable bonds is 4. The average molecular weight is 184 g/mol. The fourth-order valence-corrected chi connectivity index (χ4v) is 1.08. The molecule has 0 heterocycles. The Labute approximate surface area is 84.1 Å². The third-order valence-electron chi connectivity index (χ3n) is 1.81. The molecule has 0 saturated carbocycles. The molecular formula is C13H12O. The predicted molar refractivity (Wildman–Crippen MR) is 59.8 cm³/mol. The molecule has 0 unspecified atom stereocenters. The van der Waals surface area contributed by atoms with Gasteiger partial charge in [0.05, 0.1) is 0 Å². The molecule has 1 aromatic rings. The van der Waals surface area contributed by atoms with Crippen LogP contribution in [0.2, 0.25) is 0 Å². The Kier molecular flexibility index (Phi) is 3.62. The average Bonchev–Trinajstić information content (AvgIpc) is 2.26. The third kappa shape index (κ3) is 2.56. The minimum Gasteiger partial charge on any atom is -0.289 e. The van der Waals surface area contributed by atoms with Crippen molar-refractivity contribution in [1.29, 1.82) is 0 Å². The van der Waals surface area contributed by atoms with E-state index >= 15 is 0 Å². The zero-order valence-electron chi connectivity index (χ0n) is 7.94. The number of allylic oxidation sites excluding steroid dienone is 3. The lowest BCUT2D eigenvalue weighted by Crippen LogP contribution is -1.93. The second-order valence-electron chi connectivity index (χ2n) is 2.78. The van der Waals surface area contributed by atoms with E-state index < -0.39 is 0 Å². The number of hydrogen-bond acceptors (Lipinski definition) is 1. The molecule has 0 aliphatic carbocycles. The predicted octanol–water partition coefficient (Wildman–Crippen LogP) is 3.01. The van der Waals surface area contributed by atoms with Crippen LogP contribution in [0.1, 0.15) is 5.56 Å². The van der Waals surface area contributed by atoms with E-state index in [2.05, 4.69) is 13.2 Å². The summed E-state index contributed by atoms with van der Waals surface area (Å²) in [5, 5.41) is 0. The monoisotopic (exact) mass is 184 g/mol. The van der Waals surface area contributed by atoms with Crippen LogP contribution in [0.5, 0.6) is 0 Å². The van der Waals surface area contributed by atoms with Crippen LogP contribution < -0.4 is 0 Å². The molecule has 0 fully saturated rings. The molecule has 14 heavy (non-hydrogen) atoms. The van der Waals surface area contributed by atoms with Crippen LogP contribution in [0, 0.1) is 0 Å². The summed E-state index contributed by atoms with van der Waals surface area (Å²) in [4.78, 5) is 11.3. The number of ketones is 1. The van der Waals surface area contributed by atoms with Gasteiger partial charge in [0, 0.05) is 5.57 Å². The van der Waals surface area contributed by atoms with Crippen molar-refractivity contribution in [3.63, 3.8) is 0 Å². The number of carbonyl (C=O) groups excluding carboxylic acids is 1. The van der Waals surface area contributed by atoms with Gasteiger partial charge in [0.15, 0.2) is 5.78 Å². The normalized spacial score (nSPS) is 10.7. The molecule has 0 atom stereocenters. The van der Waals surface area contributed by atoms with Crippen molar-refractivity contribution in [1.82, 2.24) is 0 Å². The van der Waals surface area contributed by atoms with Crippen LogP contribution in [0.3, 0.4) is 0 Å². The van der Waals surface area contributed by atoms with E-state index in [0.717, 1.165) is 5.56 Å².